The van der Waals surface area contributed by atoms with Crippen molar-refractivity contribution in [3.05, 3.63) is 84.4 Å². The SMILES string of the molecule is O=C(Cc1ccccc1)B1c2ccccc2-c2ccccc21. The fraction of sp³-hybridized carbons (Fsp3) is 0.0500. The Labute approximate surface area is 130 Å². The van der Waals surface area contributed by atoms with Crippen LogP contribution in [0.1, 0.15) is 5.56 Å². The molecule has 0 atom stereocenters. The highest BCUT2D eigenvalue weighted by Gasteiger charge is 2.36. The van der Waals surface area contributed by atoms with Gasteiger partial charge in [-0.25, -0.2) is 0 Å². The minimum atomic E-state index is -0.132. The molecule has 0 fully saturated rings. The maximum Gasteiger partial charge on any atom is 0.289 e. The molecule has 1 aliphatic heterocycles. The first-order valence-corrected chi connectivity index (χ1v) is 7.59. The van der Waals surface area contributed by atoms with Crippen LogP contribution < -0.4 is 10.9 Å². The molecule has 0 amide bonds. The second kappa shape index (κ2) is 5.30. The smallest absolute Gasteiger partial charge is 0.289 e. The van der Waals surface area contributed by atoms with Crippen LogP contribution in [0, 0.1) is 0 Å². The van der Waals surface area contributed by atoms with Crippen LogP contribution in [0.25, 0.3) is 11.1 Å². The zero-order chi connectivity index (χ0) is 14.9. The molecule has 22 heavy (non-hydrogen) atoms. The lowest BCUT2D eigenvalue weighted by molar-refractivity contribution is -0.111. The van der Waals surface area contributed by atoms with Crippen LogP contribution in [0.3, 0.4) is 0 Å². The van der Waals surface area contributed by atoms with E-state index in [-0.39, 0.29) is 12.4 Å². The zero-order valence-electron chi connectivity index (χ0n) is 12.2. The number of hydrogen-bond donors (Lipinski definition) is 0. The van der Waals surface area contributed by atoms with E-state index in [2.05, 4.69) is 24.3 Å². The van der Waals surface area contributed by atoms with Crippen molar-refractivity contribution in [1.82, 2.24) is 0 Å². The Morgan fingerprint density at radius 2 is 1.18 bits per heavy atom. The molecule has 0 aromatic heterocycles. The molecule has 0 spiro atoms. The van der Waals surface area contributed by atoms with Gasteiger partial charge in [-0.05, 0) is 16.7 Å². The van der Waals surface area contributed by atoms with Crippen molar-refractivity contribution in [3.8, 4) is 11.1 Å². The summed E-state index contributed by atoms with van der Waals surface area (Å²) in [6, 6.07) is 26.5. The van der Waals surface area contributed by atoms with Crippen molar-refractivity contribution in [2.75, 3.05) is 0 Å². The Morgan fingerprint density at radius 3 is 1.77 bits per heavy atom. The van der Waals surface area contributed by atoms with Crippen molar-refractivity contribution in [1.29, 1.82) is 0 Å². The Morgan fingerprint density at radius 1 is 0.682 bits per heavy atom. The molecule has 4 rings (SSSR count). The van der Waals surface area contributed by atoms with Gasteiger partial charge in [0.15, 0.2) is 0 Å². The van der Waals surface area contributed by atoms with E-state index >= 15 is 0 Å². The molecule has 0 saturated carbocycles. The standard InChI is InChI=1S/C20H15BO/c22-20(14-15-8-2-1-3-9-15)21-18-12-6-4-10-16(18)17-11-5-7-13-19(17)21/h1-13H,14H2. The molecule has 0 aliphatic carbocycles. The van der Waals surface area contributed by atoms with Crippen LogP contribution >= 0.6 is 0 Å². The molecule has 3 aromatic rings. The average molecular weight is 282 g/mol. The summed E-state index contributed by atoms with van der Waals surface area (Å²) in [5, 5.41) is 0. The minimum absolute atomic E-state index is 0.132. The highest BCUT2D eigenvalue weighted by Crippen LogP contribution is 2.23. The van der Waals surface area contributed by atoms with Gasteiger partial charge in [0.1, 0.15) is 5.68 Å². The Hall–Kier alpha value is -2.61. The number of fused-ring (bicyclic) bond motifs is 3. The summed E-state index contributed by atoms with van der Waals surface area (Å²) in [5.41, 5.74) is 6.03. The van der Waals surface area contributed by atoms with E-state index in [1.54, 1.807) is 0 Å². The van der Waals surface area contributed by atoms with Crippen LogP contribution in [-0.2, 0) is 11.2 Å². The molecule has 1 aliphatic rings. The number of rotatable bonds is 3. The molecular formula is C20H15BO. The van der Waals surface area contributed by atoms with Gasteiger partial charge in [0, 0.05) is 6.42 Å². The summed E-state index contributed by atoms with van der Waals surface area (Å²) in [6.45, 7) is -0.132. The molecule has 0 N–H and O–H groups in total. The summed E-state index contributed by atoms with van der Waals surface area (Å²) in [4.78, 5) is 12.9. The van der Waals surface area contributed by atoms with Gasteiger partial charge in [-0.2, -0.15) is 0 Å². The normalized spacial score (nSPS) is 11.9. The predicted molar refractivity (Wildman–Crippen MR) is 92.1 cm³/mol. The topological polar surface area (TPSA) is 17.1 Å². The summed E-state index contributed by atoms with van der Waals surface area (Å²) in [6.07, 6.45) is 0.480. The van der Waals surface area contributed by atoms with E-state index in [1.165, 1.54) is 11.1 Å². The molecule has 3 aromatic carbocycles. The number of carbonyl (C=O) groups is 1. The highest BCUT2D eigenvalue weighted by atomic mass is 16.1. The van der Waals surface area contributed by atoms with Crippen LogP contribution in [-0.4, -0.2) is 12.4 Å². The van der Waals surface area contributed by atoms with Crippen LogP contribution in [0.4, 0.5) is 0 Å². The lowest BCUT2D eigenvalue weighted by Gasteiger charge is -2.09. The lowest BCUT2D eigenvalue weighted by atomic mass is 9.39. The van der Waals surface area contributed by atoms with Gasteiger partial charge in [0.05, 0.1) is 0 Å². The lowest BCUT2D eigenvalue weighted by Crippen LogP contribution is -2.46. The van der Waals surface area contributed by atoms with Crippen molar-refractivity contribution in [3.63, 3.8) is 0 Å². The summed E-state index contributed by atoms with van der Waals surface area (Å²) in [7, 11) is 0. The first-order chi connectivity index (χ1) is 10.8. The molecule has 2 heteroatoms. The molecule has 0 unspecified atom stereocenters. The van der Waals surface area contributed by atoms with Gasteiger partial charge in [0.25, 0.3) is 6.71 Å². The van der Waals surface area contributed by atoms with E-state index < -0.39 is 0 Å². The van der Waals surface area contributed by atoms with Gasteiger partial charge < -0.3 is 4.79 Å². The van der Waals surface area contributed by atoms with Crippen molar-refractivity contribution < 1.29 is 4.79 Å². The Balaban J connectivity index is 1.77. The monoisotopic (exact) mass is 282 g/mol. The first-order valence-electron chi connectivity index (χ1n) is 7.59. The van der Waals surface area contributed by atoms with Crippen molar-refractivity contribution in [2.45, 2.75) is 6.42 Å². The average Bonchev–Trinajstić information content (AvgIpc) is 2.90. The molecule has 1 heterocycles. The fourth-order valence-corrected chi connectivity index (χ4v) is 3.40. The zero-order valence-corrected chi connectivity index (χ0v) is 12.2. The Kier molecular flexibility index (Phi) is 3.15. The molecule has 104 valence electrons. The molecule has 0 saturated heterocycles. The quantitative estimate of drug-likeness (QED) is 0.675. The van der Waals surface area contributed by atoms with E-state index in [0.717, 1.165) is 16.5 Å². The molecule has 0 radical (unpaired) electrons. The molecule has 0 bridgehead atoms. The van der Waals surface area contributed by atoms with E-state index in [4.69, 9.17) is 0 Å². The molecule has 1 nitrogen and oxygen atoms in total. The second-order valence-electron chi connectivity index (χ2n) is 5.74. The third-order valence-electron chi connectivity index (χ3n) is 4.38. The van der Waals surface area contributed by atoms with Gasteiger partial charge >= 0.3 is 0 Å². The Bertz CT molecular complexity index is 794. The van der Waals surface area contributed by atoms with Crippen LogP contribution in [0.2, 0.25) is 0 Å². The maximum absolute atomic E-state index is 12.9. The summed E-state index contributed by atoms with van der Waals surface area (Å²) < 4.78 is 0. The fourth-order valence-electron chi connectivity index (χ4n) is 3.40. The van der Waals surface area contributed by atoms with Crippen LogP contribution in [0.5, 0.6) is 0 Å². The summed E-state index contributed by atoms with van der Waals surface area (Å²) >= 11 is 0. The summed E-state index contributed by atoms with van der Waals surface area (Å²) in [5.74, 6) is 0. The molecular weight excluding hydrogens is 267 g/mol. The maximum atomic E-state index is 12.9. The third kappa shape index (κ3) is 2.08. The van der Waals surface area contributed by atoms with E-state index in [0.29, 0.717) is 6.42 Å². The van der Waals surface area contributed by atoms with Gasteiger partial charge in [0.2, 0.25) is 0 Å². The van der Waals surface area contributed by atoms with Crippen molar-refractivity contribution >= 4 is 23.3 Å². The number of benzene rings is 3. The highest BCUT2D eigenvalue weighted by molar-refractivity contribution is 7.10. The third-order valence-corrected chi connectivity index (χ3v) is 4.38. The largest absolute Gasteiger partial charge is 0.310 e. The van der Waals surface area contributed by atoms with E-state index in [1.807, 2.05) is 54.6 Å². The van der Waals surface area contributed by atoms with E-state index in [9.17, 15) is 4.79 Å². The van der Waals surface area contributed by atoms with Gasteiger partial charge in [-0.15, -0.1) is 0 Å². The van der Waals surface area contributed by atoms with Crippen molar-refractivity contribution in [2.24, 2.45) is 0 Å². The first kappa shape index (κ1) is 13.1. The minimum Gasteiger partial charge on any atom is -0.310 e. The number of carbonyl (C=O) groups excluding carboxylic acids is 1. The number of hydrogen-bond acceptors (Lipinski definition) is 1. The second-order valence-corrected chi connectivity index (χ2v) is 5.74. The predicted octanol–water partition coefficient (Wildman–Crippen LogP) is 2.63. The van der Waals surface area contributed by atoms with Crippen LogP contribution in [0.15, 0.2) is 78.9 Å². The van der Waals surface area contributed by atoms with Gasteiger partial charge in [-0.1, -0.05) is 89.8 Å². The van der Waals surface area contributed by atoms with Gasteiger partial charge in [-0.3, -0.25) is 0 Å².